The number of nitrogens with two attached hydrogens (primary N) is 1. The number of thiophene rings is 1. The van der Waals surface area contributed by atoms with Gasteiger partial charge < -0.3 is 11.1 Å². The number of nitrogen functional groups attached to an aromatic ring is 1. The monoisotopic (exact) mass is 414 g/mol. The van der Waals surface area contributed by atoms with Gasteiger partial charge in [0.05, 0.1) is 26.3 Å². The second kappa shape index (κ2) is 7.76. The maximum atomic E-state index is 7.43. The van der Waals surface area contributed by atoms with Gasteiger partial charge in [-0.05, 0) is 18.2 Å². The number of anilines is 2. The molecule has 2 aromatic heterocycles. The van der Waals surface area contributed by atoms with Crippen LogP contribution in [0.5, 0.6) is 0 Å². The van der Waals surface area contributed by atoms with Gasteiger partial charge in [0.25, 0.3) is 0 Å². The quantitative estimate of drug-likeness (QED) is 0.269. The number of nitrogens with one attached hydrogen (secondary N) is 2. The summed E-state index contributed by atoms with van der Waals surface area (Å²) in [4.78, 5) is 6.43. The Morgan fingerprint density at radius 3 is 2.88 bits per heavy atom. The van der Waals surface area contributed by atoms with Crippen molar-refractivity contribution >= 4 is 74.3 Å². The molecule has 0 atom stereocenters. The lowest BCUT2D eigenvalue weighted by molar-refractivity contribution is 1.23. The standard InChI is InChI=1S/C15H12Cl2N4S3/c16-10-2-1-3-11(13(10)17)21-15-20-8(6-24-15)5-22-9-4-12(14(18)19)23-7-9/h1-4,6-7H,5H2,(H3,18,19)(H,20,21). The molecule has 3 aromatic rings. The van der Waals surface area contributed by atoms with Gasteiger partial charge in [-0.25, -0.2) is 4.98 Å². The first kappa shape index (κ1) is 17.6. The van der Waals surface area contributed by atoms with Crippen molar-refractivity contribution in [2.24, 2.45) is 5.73 Å². The minimum Gasteiger partial charge on any atom is -0.383 e. The highest BCUT2D eigenvalue weighted by Gasteiger charge is 2.09. The molecular formula is C15H12Cl2N4S3. The second-order valence-electron chi connectivity index (χ2n) is 4.72. The van der Waals surface area contributed by atoms with E-state index in [1.54, 1.807) is 17.8 Å². The third kappa shape index (κ3) is 4.23. The van der Waals surface area contributed by atoms with Gasteiger partial charge in [0.15, 0.2) is 5.13 Å². The predicted molar refractivity (Wildman–Crippen MR) is 107 cm³/mol. The zero-order valence-corrected chi connectivity index (χ0v) is 16.1. The van der Waals surface area contributed by atoms with Gasteiger partial charge >= 0.3 is 0 Å². The third-order valence-electron chi connectivity index (χ3n) is 2.97. The molecule has 0 unspecified atom stereocenters. The number of hydrogen-bond acceptors (Lipinski definition) is 6. The van der Waals surface area contributed by atoms with Crippen molar-refractivity contribution in [2.75, 3.05) is 5.32 Å². The number of benzene rings is 1. The molecular weight excluding hydrogens is 403 g/mol. The van der Waals surface area contributed by atoms with Crippen molar-refractivity contribution < 1.29 is 0 Å². The number of thiazole rings is 1. The molecule has 0 saturated carbocycles. The highest BCUT2D eigenvalue weighted by molar-refractivity contribution is 7.98. The summed E-state index contributed by atoms with van der Waals surface area (Å²) in [6, 6.07) is 7.37. The van der Waals surface area contributed by atoms with Crippen LogP contribution in [0.15, 0.2) is 39.9 Å². The molecule has 0 aliphatic heterocycles. The minimum absolute atomic E-state index is 0.102. The number of hydrogen-bond donors (Lipinski definition) is 3. The average Bonchev–Trinajstić information content (AvgIpc) is 3.19. The number of rotatable bonds is 6. The van der Waals surface area contributed by atoms with E-state index in [9.17, 15) is 0 Å². The van der Waals surface area contributed by atoms with Crippen LogP contribution >= 0.6 is 57.6 Å². The third-order valence-corrected chi connectivity index (χ3v) is 6.72. The summed E-state index contributed by atoms with van der Waals surface area (Å²) < 4.78 is 0. The van der Waals surface area contributed by atoms with Gasteiger partial charge in [-0.2, -0.15) is 0 Å². The zero-order valence-electron chi connectivity index (χ0n) is 12.2. The van der Waals surface area contributed by atoms with E-state index in [2.05, 4.69) is 10.3 Å². The van der Waals surface area contributed by atoms with Gasteiger partial charge in [-0.1, -0.05) is 29.3 Å². The summed E-state index contributed by atoms with van der Waals surface area (Å²) in [5, 5.41) is 16.4. The molecule has 0 aliphatic carbocycles. The normalized spacial score (nSPS) is 10.8. The molecule has 0 fully saturated rings. The lowest BCUT2D eigenvalue weighted by atomic mass is 10.3. The number of amidine groups is 1. The molecule has 9 heteroatoms. The topological polar surface area (TPSA) is 74.8 Å². The van der Waals surface area contributed by atoms with Crippen molar-refractivity contribution in [3.8, 4) is 0 Å². The zero-order chi connectivity index (χ0) is 17.1. The molecule has 3 rings (SSSR count). The first-order valence-electron chi connectivity index (χ1n) is 6.74. The summed E-state index contributed by atoms with van der Waals surface area (Å²) in [7, 11) is 0. The summed E-state index contributed by atoms with van der Waals surface area (Å²) in [6.45, 7) is 0. The lowest BCUT2D eigenvalue weighted by Crippen LogP contribution is -2.08. The van der Waals surface area contributed by atoms with Crippen molar-refractivity contribution in [1.82, 2.24) is 4.98 Å². The Hall–Kier alpha value is -1.25. The van der Waals surface area contributed by atoms with E-state index in [1.807, 2.05) is 29.0 Å². The van der Waals surface area contributed by atoms with Crippen molar-refractivity contribution in [1.29, 1.82) is 5.41 Å². The molecule has 0 amide bonds. The molecule has 0 radical (unpaired) electrons. The highest BCUT2D eigenvalue weighted by Crippen LogP contribution is 2.33. The lowest BCUT2D eigenvalue weighted by Gasteiger charge is -2.05. The molecule has 4 nitrogen and oxygen atoms in total. The maximum Gasteiger partial charge on any atom is 0.187 e. The van der Waals surface area contributed by atoms with Crippen LogP contribution in [0.3, 0.4) is 0 Å². The van der Waals surface area contributed by atoms with E-state index < -0.39 is 0 Å². The van der Waals surface area contributed by atoms with Gasteiger partial charge in [0.2, 0.25) is 0 Å². The Morgan fingerprint density at radius 2 is 2.12 bits per heavy atom. The Morgan fingerprint density at radius 1 is 1.29 bits per heavy atom. The SMILES string of the molecule is N=C(N)c1cc(SCc2csc(Nc3cccc(Cl)c3Cl)n2)cs1. The van der Waals surface area contributed by atoms with Crippen LogP contribution in [0.25, 0.3) is 0 Å². The number of thioether (sulfide) groups is 1. The summed E-state index contributed by atoms with van der Waals surface area (Å²) >= 11 is 16.8. The van der Waals surface area contributed by atoms with Crippen molar-refractivity contribution in [3.63, 3.8) is 0 Å². The van der Waals surface area contributed by atoms with Crippen LogP contribution in [-0.4, -0.2) is 10.8 Å². The fourth-order valence-corrected chi connectivity index (χ4v) is 4.80. The first-order valence-corrected chi connectivity index (χ1v) is 10.2. The summed E-state index contributed by atoms with van der Waals surface area (Å²) in [6.07, 6.45) is 0. The molecule has 0 bridgehead atoms. The van der Waals surface area contributed by atoms with Crippen LogP contribution in [0, 0.1) is 5.41 Å². The molecule has 1 aromatic carbocycles. The predicted octanol–water partition coefficient (Wildman–Crippen LogP) is 5.83. The van der Waals surface area contributed by atoms with Crippen LogP contribution in [-0.2, 0) is 5.75 Å². The Labute approximate surface area is 161 Å². The van der Waals surface area contributed by atoms with Crippen molar-refractivity contribution in [2.45, 2.75) is 10.6 Å². The van der Waals surface area contributed by atoms with Gasteiger partial charge in [-0.15, -0.1) is 34.4 Å². The van der Waals surface area contributed by atoms with E-state index in [0.717, 1.165) is 32.0 Å². The van der Waals surface area contributed by atoms with E-state index in [0.29, 0.717) is 10.0 Å². The van der Waals surface area contributed by atoms with E-state index >= 15 is 0 Å². The number of nitrogens with zero attached hydrogens (tertiary/aromatic N) is 1. The molecule has 2 heterocycles. The Kier molecular flexibility index (Phi) is 5.68. The van der Waals surface area contributed by atoms with E-state index in [-0.39, 0.29) is 5.84 Å². The molecule has 24 heavy (non-hydrogen) atoms. The first-order chi connectivity index (χ1) is 11.5. The Bertz CT molecular complexity index is 875. The van der Waals surface area contributed by atoms with Crippen LogP contribution in [0.4, 0.5) is 10.8 Å². The second-order valence-corrected chi connectivity index (χ2v) is 8.32. The smallest absolute Gasteiger partial charge is 0.187 e. The van der Waals surface area contributed by atoms with Crippen molar-refractivity contribution in [3.05, 3.63) is 55.6 Å². The van der Waals surface area contributed by atoms with Gasteiger partial charge in [-0.3, -0.25) is 5.41 Å². The fraction of sp³-hybridized carbons (Fsp3) is 0.0667. The minimum atomic E-state index is 0.102. The highest BCUT2D eigenvalue weighted by atomic mass is 35.5. The summed E-state index contributed by atoms with van der Waals surface area (Å²) in [5.41, 5.74) is 7.19. The van der Waals surface area contributed by atoms with Crippen LogP contribution in [0.1, 0.15) is 10.6 Å². The van der Waals surface area contributed by atoms with E-state index in [1.165, 1.54) is 22.7 Å². The molecule has 0 aliphatic rings. The van der Waals surface area contributed by atoms with E-state index in [4.69, 9.17) is 34.3 Å². The fourth-order valence-electron chi connectivity index (χ4n) is 1.84. The van der Waals surface area contributed by atoms with Gasteiger partial charge in [0, 0.05) is 21.4 Å². The molecule has 4 N–H and O–H groups in total. The molecule has 0 saturated heterocycles. The summed E-state index contributed by atoms with van der Waals surface area (Å²) in [5.74, 6) is 0.848. The number of aromatic nitrogens is 1. The van der Waals surface area contributed by atoms with Crippen LogP contribution < -0.4 is 11.1 Å². The molecule has 124 valence electrons. The van der Waals surface area contributed by atoms with Crippen LogP contribution in [0.2, 0.25) is 10.0 Å². The largest absolute Gasteiger partial charge is 0.383 e. The maximum absolute atomic E-state index is 7.43. The molecule has 0 spiro atoms. The number of halogens is 2. The Balaban J connectivity index is 1.63. The van der Waals surface area contributed by atoms with Gasteiger partial charge in [0.1, 0.15) is 5.84 Å². The average molecular weight is 415 g/mol.